The number of hydrogen-bond donors (Lipinski definition) is 11. The fourth-order valence-corrected chi connectivity index (χ4v) is 5.99. The van der Waals surface area contributed by atoms with Crippen LogP contribution in [0.1, 0.15) is 19.1 Å². The zero-order valence-electron chi connectivity index (χ0n) is 27.0. The number of carboxylic acids is 1. The first-order valence-electron chi connectivity index (χ1n) is 15.2. The minimum absolute atomic E-state index is 0.0177. The number of carbonyl (C=O) groups is 3. The number of aliphatic carboxylic acids is 1. The number of rotatable bonds is 19. The summed E-state index contributed by atoms with van der Waals surface area (Å²) in [5.74, 6) is -7.50. The number of ether oxygens (including phenoxy) is 4. The predicted octanol–water partition coefficient (Wildman–Crippen LogP) is -6.12. The number of methoxy groups -OCH3 is 1. The van der Waals surface area contributed by atoms with E-state index in [9.17, 15) is 64.4 Å². The number of aromatic nitrogens is 2. The molecule has 51 heavy (non-hydrogen) atoms. The van der Waals surface area contributed by atoms with E-state index in [1.165, 1.54) is 13.2 Å². The quantitative estimate of drug-likeness (QED) is 0.0355. The van der Waals surface area contributed by atoms with Crippen molar-refractivity contribution in [2.75, 3.05) is 52.4 Å². The molecule has 0 bridgehead atoms. The van der Waals surface area contributed by atoms with Gasteiger partial charge in [0.2, 0.25) is 11.8 Å². The highest BCUT2D eigenvalue weighted by Gasteiger charge is 2.59. The van der Waals surface area contributed by atoms with Crippen molar-refractivity contribution in [1.29, 1.82) is 0 Å². The molecule has 11 atom stereocenters. The number of nitrogens with two attached hydrogens (primary N) is 1. The van der Waals surface area contributed by atoms with E-state index in [1.54, 1.807) is 0 Å². The maximum Gasteiger partial charge on any atom is 0.475 e. The number of hydrogen-bond acceptors (Lipinski definition) is 19. The molecule has 1 aromatic heterocycles. The Balaban J connectivity index is 1.71. The van der Waals surface area contributed by atoms with E-state index in [1.807, 2.05) is 0 Å². The van der Waals surface area contributed by atoms with Crippen LogP contribution < -0.4 is 22.1 Å². The molecular formula is C26H42N5O19P. The second-order valence-corrected chi connectivity index (χ2v) is 12.7. The van der Waals surface area contributed by atoms with Gasteiger partial charge in [-0.25, -0.2) is 18.7 Å². The third-order valence-corrected chi connectivity index (χ3v) is 8.59. The number of aliphatic hydroxyl groups excluding tert-OH is 6. The number of phosphoric ester groups is 1. The van der Waals surface area contributed by atoms with E-state index >= 15 is 0 Å². The molecule has 0 aliphatic carbocycles. The molecule has 2 amide bonds. The van der Waals surface area contributed by atoms with E-state index in [-0.39, 0.29) is 25.6 Å². The van der Waals surface area contributed by atoms with Gasteiger partial charge in [-0.2, -0.15) is 4.98 Å². The van der Waals surface area contributed by atoms with Gasteiger partial charge in [-0.05, 0) is 6.07 Å². The Kier molecular flexibility index (Phi) is 15.3. The van der Waals surface area contributed by atoms with Crippen LogP contribution in [0.4, 0.5) is 5.82 Å². The van der Waals surface area contributed by atoms with Gasteiger partial charge in [-0.15, -0.1) is 0 Å². The highest BCUT2D eigenvalue weighted by Crippen LogP contribution is 2.51. The number of amides is 2. The van der Waals surface area contributed by atoms with Crippen LogP contribution in [-0.4, -0.2) is 169 Å². The Bertz CT molecular complexity index is 1450. The van der Waals surface area contributed by atoms with Gasteiger partial charge >= 0.3 is 19.5 Å². The Morgan fingerprint density at radius 2 is 1.88 bits per heavy atom. The van der Waals surface area contributed by atoms with Gasteiger partial charge in [0.1, 0.15) is 48.9 Å². The summed E-state index contributed by atoms with van der Waals surface area (Å²) >= 11 is 0. The molecule has 4 unspecified atom stereocenters. The van der Waals surface area contributed by atoms with Crippen LogP contribution in [0.15, 0.2) is 17.1 Å². The molecule has 290 valence electrons. The van der Waals surface area contributed by atoms with Crippen molar-refractivity contribution in [2.24, 2.45) is 0 Å². The number of aliphatic hydroxyl groups is 6. The van der Waals surface area contributed by atoms with E-state index in [2.05, 4.69) is 15.6 Å². The summed E-state index contributed by atoms with van der Waals surface area (Å²) in [5, 5.41) is 76.5. The van der Waals surface area contributed by atoms with E-state index in [0.29, 0.717) is 6.61 Å². The van der Waals surface area contributed by atoms with E-state index in [0.717, 1.165) is 10.8 Å². The molecule has 3 heterocycles. The fourth-order valence-electron chi connectivity index (χ4n) is 5.03. The van der Waals surface area contributed by atoms with Gasteiger partial charge in [-0.3, -0.25) is 18.7 Å². The summed E-state index contributed by atoms with van der Waals surface area (Å²) in [6, 6.07) is -0.603. The van der Waals surface area contributed by atoms with E-state index in [4.69, 9.17) is 33.7 Å². The number of nitrogens with one attached hydrogen (secondary N) is 2. The molecule has 2 aliphatic rings. The standard InChI is InChI=1S/C26H42N5O19P/c1-45-6-7-46-5-3-28-16(35)8-17(36)30-18-12(33)9-26(24(40)41,49-22(18)19(37)13(34)10-32)50-51(43,44)47-11-14-20(38)21(39)23(48-14)31-4-2-15(27)29-25(31)42/h2,4,12-14,18-23,32-34,37-39H,3,5-11H2,1H3,(H,28,35)(H,30,36)(H,40,41)(H,43,44)(H2,27,29,42)/t12-,13+,14?,18+,19+,20+,21+,22?,23?,26+/m0/s1. The number of nitrogen functional groups attached to an aromatic ring is 1. The average Bonchev–Trinajstić information content (AvgIpc) is 3.34. The summed E-state index contributed by atoms with van der Waals surface area (Å²) in [7, 11) is -4.15. The van der Waals surface area contributed by atoms with Crippen molar-refractivity contribution in [3.8, 4) is 0 Å². The van der Waals surface area contributed by atoms with Crippen LogP contribution in [0, 0.1) is 0 Å². The zero-order chi connectivity index (χ0) is 38.1. The fraction of sp³-hybridized carbons (Fsp3) is 0.731. The third-order valence-electron chi connectivity index (χ3n) is 7.59. The molecule has 0 saturated carbocycles. The first kappa shape index (κ1) is 42.2. The second-order valence-electron chi connectivity index (χ2n) is 11.3. The van der Waals surface area contributed by atoms with Crippen LogP contribution in [0.25, 0.3) is 0 Å². The van der Waals surface area contributed by atoms with E-state index < -0.39 is 118 Å². The topological polar surface area (TPSA) is 370 Å². The first-order chi connectivity index (χ1) is 23.9. The second kappa shape index (κ2) is 18.5. The number of phosphoric acid groups is 1. The third kappa shape index (κ3) is 11.1. The average molecular weight is 760 g/mol. The van der Waals surface area contributed by atoms with Crippen molar-refractivity contribution in [2.45, 2.75) is 73.6 Å². The summed E-state index contributed by atoms with van der Waals surface area (Å²) in [6.45, 7) is -1.52. The lowest BCUT2D eigenvalue weighted by Gasteiger charge is -2.46. The van der Waals surface area contributed by atoms with Crippen molar-refractivity contribution < 1.29 is 87.6 Å². The predicted molar refractivity (Wildman–Crippen MR) is 163 cm³/mol. The van der Waals surface area contributed by atoms with Crippen molar-refractivity contribution in [3.05, 3.63) is 22.7 Å². The first-order valence-corrected chi connectivity index (χ1v) is 16.7. The highest BCUT2D eigenvalue weighted by molar-refractivity contribution is 7.47. The maximum absolute atomic E-state index is 13.0. The van der Waals surface area contributed by atoms with Gasteiger partial charge in [0, 0.05) is 26.3 Å². The van der Waals surface area contributed by atoms with Crippen LogP contribution >= 0.6 is 7.82 Å². The Hall–Kier alpha value is -3.20. The summed E-state index contributed by atoms with van der Waals surface area (Å²) in [5.41, 5.74) is 4.46. The summed E-state index contributed by atoms with van der Waals surface area (Å²) in [6.07, 6.45) is -16.4. The molecule has 25 heteroatoms. The smallest absolute Gasteiger partial charge is 0.475 e. The summed E-state index contributed by atoms with van der Waals surface area (Å²) < 4.78 is 44.1. The molecule has 24 nitrogen and oxygen atoms in total. The molecule has 0 aromatic carbocycles. The minimum Gasteiger partial charge on any atom is -0.477 e. The van der Waals surface area contributed by atoms with Crippen molar-refractivity contribution in [1.82, 2.24) is 20.2 Å². The van der Waals surface area contributed by atoms with Crippen molar-refractivity contribution >= 4 is 31.4 Å². The van der Waals surface area contributed by atoms with Crippen LogP contribution in [0.2, 0.25) is 0 Å². The lowest BCUT2D eigenvalue weighted by Crippen LogP contribution is -2.68. The molecule has 0 spiro atoms. The van der Waals surface area contributed by atoms with Crippen molar-refractivity contribution in [3.63, 3.8) is 0 Å². The zero-order valence-corrected chi connectivity index (χ0v) is 27.9. The minimum atomic E-state index is -5.63. The largest absolute Gasteiger partial charge is 0.477 e. The molecule has 2 fully saturated rings. The van der Waals surface area contributed by atoms with Gasteiger partial charge < -0.3 is 76.0 Å². The van der Waals surface area contributed by atoms with Crippen LogP contribution in [0.3, 0.4) is 0 Å². The number of carboxylic acid groups (broad SMARTS) is 1. The lowest BCUT2D eigenvalue weighted by molar-refractivity contribution is -0.289. The van der Waals surface area contributed by atoms with Gasteiger partial charge in [0.25, 0.3) is 5.79 Å². The maximum atomic E-state index is 13.0. The molecule has 1 aromatic rings. The number of carbonyl (C=O) groups excluding carboxylic acids is 2. The molecule has 0 radical (unpaired) electrons. The highest BCUT2D eigenvalue weighted by atomic mass is 31.2. The molecule has 2 aliphatic heterocycles. The van der Waals surface area contributed by atoms with Crippen LogP contribution in [0.5, 0.6) is 0 Å². The SMILES string of the molecule is COCCOCCNC(=O)CC(=O)N[C@H]1C([C@H](O)[C@H](O)CO)O[C@](OP(=O)(O)OCC2OC(n3ccc(N)nc3=O)[C@H](O)[C@@H]2O)(C(=O)O)C[C@@H]1O. The van der Waals surface area contributed by atoms with Gasteiger partial charge in [0.05, 0.1) is 45.2 Å². The summed E-state index contributed by atoms with van der Waals surface area (Å²) in [4.78, 5) is 63.4. The molecule has 12 N–H and O–H groups in total. The Morgan fingerprint density at radius 1 is 1.18 bits per heavy atom. The number of anilines is 1. The lowest BCUT2D eigenvalue weighted by atomic mass is 9.88. The Morgan fingerprint density at radius 3 is 2.51 bits per heavy atom. The van der Waals surface area contributed by atoms with Crippen LogP contribution in [-0.2, 0) is 46.9 Å². The molecular weight excluding hydrogens is 717 g/mol. The normalized spacial score (nSPS) is 30.2. The Labute approximate surface area is 288 Å². The van der Waals surface area contributed by atoms with Gasteiger partial charge in [0.15, 0.2) is 6.23 Å². The van der Waals surface area contributed by atoms with Gasteiger partial charge in [-0.1, -0.05) is 0 Å². The molecule has 2 saturated heterocycles. The number of nitrogens with zero attached hydrogens (tertiary/aromatic N) is 2. The monoisotopic (exact) mass is 759 g/mol. The molecule has 3 rings (SSSR count).